The molecule has 1 saturated heterocycles. The summed E-state index contributed by atoms with van der Waals surface area (Å²) in [6.45, 7) is 5.83. The number of fused-ring (bicyclic) bond motifs is 3. The van der Waals surface area contributed by atoms with Crippen molar-refractivity contribution in [2.45, 2.75) is 32.1 Å². The van der Waals surface area contributed by atoms with Gasteiger partial charge in [-0.05, 0) is 56.3 Å². The van der Waals surface area contributed by atoms with Gasteiger partial charge in [-0.1, -0.05) is 0 Å². The highest BCUT2D eigenvalue weighted by Crippen LogP contribution is 2.35. The fourth-order valence-electron chi connectivity index (χ4n) is 4.20. The van der Waals surface area contributed by atoms with E-state index in [1.165, 1.54) is 12.0 Å². The largest absolute Gasteiger partial charge is 0.496 e. The number of aromatic amines is 1. The van der Waals surface area contributed by atoms with Crippen molar-refractivity contribution in [3.63, 3.8) is 0 Å². The standard InChI is InChI=1S/C21H29N3O3/c1-26-18-14-15(5-2-3-8-24-9-11-27-12-10-24)13-17-19(18)20-16(21(25)23-17)6-4-7-22-20/h13-14,22H,2-12H2,1H3,(H,23,25). The number of rotatable bonds is 6. The molecule has 2 aliphatic heterocycles. The van der Waals surface area contributed by atoms with Gasteiger partial charge in [0.1, 0.15) is 5.75 Å². The molecule has 2 aliphatic rings. The zero-order valence-electron chi connectivity index (χ0n) is 16.1. The number of aromatic nitrogens is 1. The molecular weight excluding hydrogens is 342 g/mol. The number of ether oxygens (including phenoxy) is 2. The number of morpholine rings is 1. The molecule has 0 spiro atoms. The predicted molar refractivity (Wildman–Crippen MR) is 108 cm³/mol. The van der Waals surface area contributed by atoms with Crippen LogP contribution in [0.25, 0.3) is 10.9 Å². The van der Waals surface area contributed by atoms with E-state index in [-0.39, 0.29) is 5.56 Å². The molecule has 2 aromatic rings. The van der Waals surface area contributed by atoms with Crippen LogP contribution in [-0.2, 0) is 17.6 Å². The van der Waals surface area contributed by atoms with Crippen molar-refractivity contribution in [3.8, 4) is 5.75 Å². The molecule has 0 amide bonds. The predicted octanol–water partition coefficient (Wildman–Crippen LogP) is 2.55. The molecule has 0 aliphatic carbocycles. The number of hydrogen-bond donors (Lipinski definition) is 2. The molecule has 3 heterocycles. The molecule has 0 unspecified atom stereocenters. The summed E-state index contributed by atoms with van der Waals surface area (Å²) in [5.41, 5.74) is 3.92. The first kappa shape index (κ1) is 18.3. The van der Waals surface area contributed by atoms with Crippen LogP contribution in [0.1, 0.15) is 30.4 Å². The van der Waals surface area contributed by atoms with Gasteiger partial charge in [-0.2, -0.15) is 0 Å². The fraction of sp³-hybridized carbons (Fsp3) is 0.571. The Morgan fingerprint density at radius 1 is 1.22 bits per heavy atom. The smallest absolute Gasteiger partial charge is 0.253 e. The minimum atomic E-state index is 0.0243. The Labute approximate surface area is 159 Å². The molecule has 6 heteroatoms. The maximum atomic E-state index is 12.5. The van der Waals surface area contributed by atoms with E-state index >= 15 is 0 Å². The number of anilines is 1. The zero-order valence-corrected chi connectivity index (χ0v) is 16.1. The van der Waals surface area contributed by atoms with Gasteiger partial charge in [-0.25, -0.2) is 0 Å². The van der Waals surface area contributed by atoms with E-state index in [4.69, 9.17) is 9.47 Å². The zero-order chi connectivity index (χ0) is 18.6. The molecule has 27 heavy (non-hydrogen) atoms. The molecule has 0 bridgehead atoms. The second kappa shape index (κ2) is 8.31. The second-order valence-corrected chi connectivity index (χ2v) is 7.47. The minimum Gasteiger partial charge on any atom is -0.496 e. The van der Waals surface area contributed by atoms with E-state index in [0.29, 0.717) is 0 Å². The van der Waals surface area contributed by atoms with Crippen molar-refractivity contribution in [1.29, 1.82) is 0 Å². The topological polar surface area (TPSA) is 66.6 Å². The van der Waals surface area contributed by atoms with Crippen molar-refractivity contribution < 1.29 is 9.47 Å². The van der Waals surface area contributed by atoms with Gasteiger partial charge in [0.15, 0.2) is 0 Å². The molecule has 0 atom stereocenters. The molecule has 4 rings (SSSR count). The number of benzene rings is 1. The monoisotopic (exact) mass is 371 g/mol. The third-order valence-corrected chi connectivity index (χ3v) is 5.65. The van der Waals surface area contributed by atoms with Gasteiger partial charge in [-0.3, -0.25) is 9.69 Å². The lowest BCUT2D eigenvalue weighted by Crippen LogP contribution is -2.36. The van der Waals surface area contributed by atoms with E-state index in [1.807, 2.05) is 0 Å². The van der Waals surface area contributed by atoms with Crippen molar-refractivity contribution >= 4 is 16.6 Å². The lowest BCUT2D eigenvalue weighted by molar-refractivity contribution is 0.0372. The highest BCUT2D eigenvalue weighted by Gasteiger charge is 2.19. The van der Waals surface area contributed by atoms with Crippen LogP contribution in [0.5, 0.6) is 5.75 Å². The summed E-state index contributed by atoms with van der Waals surface area (Å²) in [6, 6.07) is 4.25. The first-order chi connectivity index (χ1) is 13.3. The highest BCUT2D eigenvalue weighted by atomic mass is 16.5. The quantitative estimate of drug-likeness (QED) is 0.764. The van der Waals surface area contributed by atoms with Gasteiger partial charge in [0.05, 0.1) is 36.9 Å². The van der Waals surface area contributed by atoms with Crippen LogP contribution in [-0.4, -0.2) is 56.4 Å². The molecule has 2 N–H and O–H groups in total. The maximum Gasteiger partial charge on any atom is 0.253 e. The molecule has 0 radical (unpaired) electrons. The SMILES string of the molecule is COc1cc(CCCCN2CCOCC2)cc2[nH]c(=O)c3c(c12)NCCC3. The second-order valence-electron chi connectivity index (χ2n) is 7.47. The van der Waals surface area contributed by atoms with Crippen molar-refractivity contribution in [3.05, 3.63) is 33.6 Å². The fourth-order valence-corrected chi connectivity index (χ4v) is 4.20. The number of nitrogens with one attached hydrogen (secondary N) is 2. The van der Waals surface area contributed by atoms with Crippen LogP contribution in [0.15, 0.2) is 16.9 Å². The Bertz CT molecular complexity index is 856. The van der Waals surface area contributed by atoms with Crippen LogP contribution in [0.3, 0.4) is 0 Å². The Balaban J connectivity index is 1.51. The third-order valence-electron chi connectivity index (χ3n) is 5.65. The van der Waals surface area contributed by atoms with Crippen LogP contribution in [0.4, 0.5) is 5.69 Å². The highest BCUT2D eigenvalue weighted by molar-refractivity contribution is 5.98. The first-order valence-electron chi connectivity index (χ1n) is 10.1. The van der Waals surface area contributed by atoms with Gasteiger partial charge >= 0.3 is 0 Å². The van der Waals surface area contributed by atoms with Gasteiger partial charge in [0.2, 0.25) is 0 Å². The van der Waals surface area contributed by atoms with Gasteiger partial charge in [-0.15, -0.1) is 0 Å². The number of H-pyrrole nitrogens is 1. The van der Waals surface area contributed by atoms with E-state index in [9.17, 15) is 4.79 Å². The molecule has 0 saturated carbocycles. The summed E-state index contributed by atoms with van der Waals surface area (Å²) in [7, 11) is 1.71. The average Bonchev–Trinajstić information content (AvgIpc) is 2.71. The summed E-state index contributed by atoms with van der Waals surface area (Å²) < 4.78 is 11.1. The summed E-state index contributed by atoms with van der Waals surface area (Å²) in [4.78, 5) is 18.0. The number of pyridine rings is 1. The summed E-state index contributed by atoms with van der Waals surface area (Å²) in [5, 5.41) is 4.42. The number of unbranched alkanes of at least 4 members (excludes halogenated alkanes) is 1. The molecule has 1 fully saturated rings. The summed E-state index contributed by atoms with van der Waals surface area (Å²) >= 11 is 0. The van der Waals surface area contributed by atoms with Crippen LogP contribution < -0.4 is 15.6 Å². The molecular formula is C21H29N3O3. The van der Waals surface area contributed by atoms with Crippen LogP contribution in [0.2, 0.25) is 0 Å². The van der Waals surface area contributed by atoms with Crippen molar-refractivity contribution in [2.75, 3.05) is 51.8 Å². The average molecular weight is 371 g/mol. The van der Waals surface area contributed by atoms with Gasteiger partial charge < -0.3 is 19.8 Å². The van der Waals surface area contributed by atoms with E-state index < -0.39 is 0 Å². The molecule has 146 valence electrons. The van der Waals surface area contributed by atoms with Gasteiger partial charge in [0.25, 0.3) is 5.56 Å². The number of methoxy groups -OCH3 is 1. The molecule has 1 aromatic heterocycles. The third kappa shape index (κ3) is 3.96. The Morgan fingerprint density at radius 3 is 2.89 bits per heavy atom. The summed E-state index contributed by atoms with van der Waals surface area (Å²) in [5.74, 6) is 0.845. The lowest BCUT2D eigenvalue weighted by Gasteiger charge is -2.26. The molecule has 1 aromatic carbocycles. The number of aryl methyl sites for hydroxylation is 1. The Hall–Kier alpha value is -2.05. The van der Waals surface area contributed by atoms with Crippen molar-refractivity contribution in [1.82, 2.24) is 9.88 Å². The van der Waals surface area contributed by atoms with E-state index in [2.05, 4.69) is 27.3 Å². The van der Waals surface area contributed by atoms with E-state index in [1.54, 1.807) is 7.11 Å². The minimum absolute atomic E-state index is 0.0243. The normalized spacial score (nSPS) is 17.5. The first-order valence-corrected chi connectivity index (χ1v) is 10.1. The Kier molecular flexibility index (Phi) is 5.64. The maximum absolute atomic E-state index is 12.5. The van der Waals surface area contributed by atoms with Gasteiger partial charge in [0, 0.05) is 25.2 Å². The summed E-state index contributed by atoms with van der Waals surface area (Å²) in [6.07, 6.45) is 5.09. The van der Waals surface area contributed by atoms with Crippen LogP contribution >= 0.6 is 0 Å². The number of nitrogens with zero attached hydrogens (tertiary/aromatic N) is 1. The number of hydrogen-bond acceptors (Lipinski definition) is 5. The van der Waals surface area contributed by atoms with Crippen LogP contribution in [0, 0.1) is 0 Å². The molecule has 6 nitrogen and oxygen atoms in total. The van der Waals surface area contributed by atoms with Crippen molar-refractivity contribution in [2.24, 2.45) is 0 Å². The lowest BCUT2D eigenvalue weighted by atomic mass is 9.98. The van der Waals surface area contributed by atoms with E-state index in [0.717, 1.165) is 93.0 Å². The Morgan fingerprint density at radius 2 is 2.07 bits per heavy atom.